The maximum absolute atomic E-state index is 14.0. The van der Waals surface area contributed by atoms with Crippen LogP contribution in [0, 0.1) is 5.92 Å². The van der Waals surface area contributed by atoms with Gasteiger partial charge in [-0.05, 0) is 78.8 Å². The van der Waals surface area contributed by atoms with Crippen LogP contribution in [-0.2, 0) is 25.7 Å². The number of benzene rings is 3. The van der Waals surface area contributed by atoms with Crippen LogP contribution in [-0.4, -0.2) is 52.9 Å². The number of rotatable bonds is 10. The molecule has 3 aromatic rings. The molecule has 262 valence electrons. The number of ether oxygens (including phenoxy) is 2. The molecule has 11 nitrogen and oxygen atoms in total. The Morgan fingerprint density at radius 3 is 2.08 bits per heavy atom. The first-order valence-corrected chi connectivity index (χ1v) is 16.6. The van der Waals surface area contributed by atoms with Gasteiger partial charge in [-0.25, -0.2) is 9.59 Å². The van der Waals surface area contributed by atoms with Gasteiger partial charge in [0.1, 0.15) is 23.8 Å². The van der Waals surface area contributed by atoms with Crippen molar-refractivity contribution >= 4 is 29.7 Å². The molecule has 2 atom stereocenters. The number of nitrogens with one attached hydrogen (secondary N) is 4. The monoisotopic (exact) mass is 680 g/mol. The van der Waals surface area contributed by atoms with E-state index in [1.54, 1.807) is 71.0 Å². The lowest BCUT2D eigenvalue weighted by Gasteiger charge is -2.34. The predicted octanol–water partition coefficient (Wildman–Crippen LogP) is 5.90. The van der Waals surface area contributed by atoms with E-state index in [2.05, 4.69) is 21.3 Å². The largest absolute Gasteiger partial charge is 0.449 e. The summed E-state index contributed by atoms with van der Waals surface area (Å²) in [6.45, 7) is 8.65. The van der Waals surface area contributed by atoms with Crippen LogP contribution in [0.4, 0.5) is 15.3 Å². The number of aliphatic hydroxyl groups is 1. The van der Waals surface area contributed by atoms with Crippen LogP contribution in [0.2, 0.25) is 0 Å². The zero-order valence-electron chi connectivity index (χ0n) is 28.9. The number of allylic oxidation sites excluding steroid dienone is 1. The highest BCUT2D eigenvalue weighted by atomic mass is 16.6. The molecular weight excluding hydrogens is 636 g/mol. The van der Waals surface area contributed by atoms with Gasteiger partial charge in [0.25, 0.3) is 5.91 Å². The number of anilines is 1. The van der Waals surface area contributed by atoms with E-state index in [9.17, 15) is 24.3 Å². The number of hydrogen-bond donors (Lipinski definition) is 5. The van der Waals surface area contributed by atoms with Crippen LogP contribution in [0.25, 0.3) is 11.1 Å². The highest BCUT2D eigenvalue weighted by molar-refractivity contribution is 6.03. The molecule has 0 spiro atoms. The minimum Gasteiger partial charge on any atom is -0.449 e. The Kier molecular flexibility index (Phi) is 10.8. The molecule has 5 rings (SSSR count). The van der Waals surface area contributed by atoms with Crippen LogP contribution < -0.4 is 21.3 Å². The van der Waals surface area contributed by atoms with Crippen molar-refractivity contribution in [2.24, 2.45) is 5.92 Å². The molecule has 0 saturated heterocycles. The van der Waals surface area contributed by atoms with Gasteiger partial charge in [0, 0.05) is 23.7 Å². The molecule has 1 unspecified atom stereocenters. The lowest BCUT2D eigenvalue weighted by molar-refractivity contribution is -0.130. The van der Waals surface area contributed by atoms with Gasteiger partial charge in [-0.1, -0.05) is 80.6 Å². The van der Waals surface area contributed by atoms with Gasteiger partial charge in [0.2, 0.25) is 5.91 Å². The fourth-order valence-electron chi connectivity index (χ4n) is 6.08. The predicted molar refractivity (Wildman–Crippen MR) is 190 cm³/mol. The summed E-state index contributed by atoms with van der Waals surface area (Å²) in [5.74, 6) is -1.75. The van der Waals surface area contributed by atoms with E-state index >= 15 is 0 Å². The Labute approximate surface area is 292 Å². The van der Waals surface area contributed by atoms with Crippen LogP contribution in [0.3, 0.4) is 0 Å². The van der Waals surface area contributed by atoms with Crippen molar-refractivity contribution in [1.82, 2.24) is 16.0 Å². The maximum atomic E-state index is 14.0. The van der Waals surface area contributed by atoms with E-state index in [-0.39, 0.29) is 37.2 Å². The molecule has 0 saturated carbocycles. The van der Waals surface area contributed by atoms with Gasteiger partial charge < -0.3 is 30.5 Å². The van der Waals surface area contributed by atoms with Gasteiger partial charge in [0.15, 0.2) is 0 Å². The van der Waals surface area contributed by atoms with Crippen LogP contribution >= 0.6 is 0 Å². The number of amides is 4. The molecule has 0 fully saturated rings. The zero-order valence-corrected chi connectivity index (χ0v) is 28.9. The second-order valence-electron chi connectivity index (χ2n) is 13.8. The average Bonchev–Trinajstić information content (AvgIpc) is 3.39. The molecule has 0 aromatic heterocycles. The number of hydrogen-bond acceptors (Lipinski definition) is 7. The first-order chi connectivity index (χ1) is 23.8. The van der Waals surface area contributed by atoms with E-state index in [1.165, 1.54) is 6.08 Å². The van der Waals surface area contributed by atoms with Crippen molar-refractivity contribution in [1.29, 1.82) is 0 Å². The van der Waals surface area contributed by atoms with Crippen molar-refractivity contribution in [3.05, 3.63) is 113 Å². The summed E-state index contributed by atoms with van der Waals surface area (Å²) in [6.07, 6.45) is 3.28. The van der Waals surface area contributed by atoms with E-state index in [0.29, 0.717) is 11.3 Å². The Morgan fingerprint density at radius 2 is 1.50 bits per heavy atom. The normalized spacial score (nSPS) is 17.1. The second kappa shape index (κ2) is 15.0. The Bertz CT molecular complexity index is 1760. The van der Waals surface area contributed by atoms with Crippen molar-refractivity contribution in [3.63, 3.8) is 0 Å². The Hall–Kier alpha value is -5.42. The summed E-state index contributed by atoms with van der Waals surface area (Å²) >= 11 is 0. The number of fused-ring (bicyclic) bond motifs is 3. The van der Waals surface area contributed by atoms with Crippen molar-refractivity contribution in [2.75, 3.05) is 11.9 Å². The zero-order chi connectivity index (χ0) is 36.1. The topological polar surface area (TPSA) is 155 Å². The lowest BCUT2D eigenvalue weighted by atomic mass is 9.87. The molecule has 11 heteroatoms. The van der Waals surface area contributed by atoms with Gasteiger partial charge in [-0.2, -0.15) is 0 Å². The summed E-state index contributed by atoms with van der Waals surface area (Å²) in [5.41, 5.74) is 3.22. The van der Waals surface area contributed by atoms with Crippen LogP contribution in [0.15, 0.2) is 96.7 Å². The third kappa shape index (κ3) is 8.41. The number of carbonyl (C=O) groups excluding carboxylic acids is 4. The third-order valence-corrected chi connectivity index (χ3v) is 8.50. The lowest BCUT2D eigenvalue weighted by Crippen LogP contribution is -2.61. The van der Waals surface area contributed by atoms with Gasteiger partial charge in [-0.3, -0.25) is 14.9 Å². The van der Waals surface area contributed by atoms with Gasteiger partial charge in [0.05, 0.1) is 6.61 Å². The highest BCUT2D eigenvalue weighted by Gasteiger charge is 2.42. The van der Waals surface area contributed by atoms with E-state index in [0.717, 1.165) is 22.3 Å². The fourth-order valence-corrected chi connectivity index (χ4v) is 6.08. The average molecular weight is 681 g/mol. The summed E-state index contributed by atoms with van der Waals surface area (Å²) < 4.78 is 11.1. The summed E-state index contributed by atoms with van der Waals surface area (Å²) in [4.78, 5) is 53.8. The first-order valence-electron chi connectivity index (χ1n) is 16.6. The van der Waals surface area contributed by atoms with E-state index in [4.69, 9.17) is 9.47 Å². The molecule has 4 amide bonds. The van der Waals surface area contributed by atoms with Crippen molar-refractivity contribution in [2.45, 2.75) is 70.7 Å². The molecule has 0 radical (unpaired) electrons. The summed E-state index contributed by atoms with van der Waals surface area (Å²) in [5, 5.41) is 20.5. The van der Waals surface area contributed by atoms with Crippen molar-refractivity contribution < 1.29 is 33.8 Å². The summed E-state index contributed by atoms with van der Waals surface area (Å²) in [7, 11) is 0. The minimum absolute atomic E-state index is 0.0502. The minimum atomic E-state index is -1.66. The maximum Gasteiger partial charge on any atom is 0.412 e. The number of alkyl carbamates (subject to hydrolysis) is 2. The molecule has 2 aliphatic rings. The quantitative estimate of drug-likeness (QED) is 0.179. The van der Waals surface area contributed by atoms with Crippen LogP contribution in [0.5, 0.6) is 0 Å². The SMILES string of the molecule is CC(C)C(NC(=O)OCC1c2ccccc2-c2ccccc21)C(=O)N[C@]1(C(=O)Nc2ccc(CO)cc2)C=C(NC(=O)OC(C)(C)C)C=CC1. The fraction of sp³-hybridized carbons (Fsp3) is 0.333. The Morgan fingerprint density at radius 1 is 0.880 bits per heavy atom. The molecule has 5 N–H and O–H groups in total. The Balaban J connectivity index is 1.33. The standard InChI is InChI=1S/C39H44N4O7/c1-24(2)33(42-36(47)49-23-32-30-14-8-6-12-28(30)29-13-7-9-15-31(29)32)34(45)43-39(35(46)40-26-18-16-25(22-44)17-19-26)20-10-11-27(21-39)41-37(48)50-38(3,4)5/h6-19,21,24,32-33,44H,20,22-23H2,1-5H3,(H,40,46)(H,41,48)(H,42,47)(H,43,45)/t33?,39-/m0/s1. The molecule has 0 aliphatic heterocycles. The molecule has 0 bridgehead atoms. The molecule has 50 heavy (non-hydrogen) atoms. The van der Waals surface area contributed by atoms with Gasteiger partial charge >= 0.3 is 12.2 Å². The molecular formula is C39H44N4O7. The number of carbonyl (C=O) groups is 4. The smallest absolute Gasteiger partial charge is 0.412 e. The van der Waals surface area contributed by atoms with Crippen molar-refractivity contribution in [3.8, 4) is 11.1 Å². The molecule has 3 aromatic carbocycles. The first kappa shape index (κ1) is 35.9. The molecule has 0 heterocycles. The third-order valence-electron chi connectivity index (χ3n) is 8.50. The van der Waals surface area contributed by atoms with Gasteiger partial charge in [-0.15, -0.1) is 0 Å². The second-order valence-corrected chi connectivity index (χ2v) is 13.8. The number of aliphatic hydroxyl groups excluding tert-OH is 1. The van der Waals surface area contributed by atoms with Crippen LogP contribution in [0.1, 0.15) is 63.6 Å². The van der Waals surface area contributed by atoms with E-state index < -0.39 is 41.2 Å². The summed E-state index contributed by atoms with van der Waals surface area (Å²) in [6, 6.07) is 21.5. The highest BCUT2D eigenvalue weighted by Crippen LogP contribution is 2.44. The molecule has 2 aliphatic carbocycles. The van der Waals surface area contributed by atoms with E-state index in [1.807, 2.05) is 48.5 Å².